The van der Waals surface area contributed by atoms with E-state index in [2.05, 4.69) is 152 Å². The molecule has 3 nitrogen and oxygen atoms in total. The molecule has 9 rings (SSSR count). The summed E-state index contributed by atoms with van der Waals surface area (Å²) in [6, 6.07) is 69.7. The minimum absolute atomic E-state index is 0.402. The fourth-order valence-corrected chi connectivity index (χ4v) is 7.88. The molecular weight excluding hydrogens is 680 g/mol. The summed E-state index contributed by atoms with van der Waals surface area (Å²) >= 11 is 0. The third kappa shape index (κ3) is 6.58. The van der Waals surface area contributed by atoms with Gasteiger partial charge in [0.1, 0.15) is 5.75 Å². The topological polar surface area (TPSA) is 49.7 Å². The maximum absolute atomic E-state index is 10.3. The van der Waals surface area contributed by atoms with Gasteiger partial charge in [-0.2, -0.15) is 0 Å². The van der Waals surface area contributed by atoms with Gasteiger partial charge in [0, 0.05) is 5.56 Å². The second-order valence-electron chi connectivity index (χ2n) is 13.4. The third-order valence-corrected chi connectivity index (χ3v) is 10.5. The van der Waals surface area contributed by atoms with Gasteiger partial charge in [0.05, 0.1) is 0 Å². The van der Waals surface area contributed by atoms with Crippen molar-refractivity contribution >= 4 is 30.1 Å². The zero-order valence-corrected chi connectivity index (χ0v) is 30.2. The molecule has 9 aromatic carbocycles. The van der Waals surface area contributed by atoms with E-state index >= 15 is 0 Å². The summed E-state index contributed by atoms with van der Waals surface area (Å²) in [7, 11) is -2.70. The molecule has 0 aliphatic carbocycles. The highest BCUT2D eigenvalue weighted by atomic mass is 31.2. The molecule has 0 saturated carbocycles. The van der Waals surface area contributed by atoms with Crippen LogP contribution < -0.4 is 4.52 Å². The molecule has 54 heavy (non-hydrogen) atoms. The van der Waals surface area contributed by atoms with E-state index in [9.17, 15) is 9.79 Å². The summed E-state index contributed by atoms with van der Waals surface area (Å²) in [4.78, 5) is 20.7. The van der Waals surface area contributed by atoms with E-state index in [0.717, 1.165) is 82.7 Å². The van der Waals surface area contributed by atoms with Gasteiger partial charge in [0.15, 0.2) is 0 Å². The van der Waals surface area contributed by atoms with Crippen LogP contribution in [-0.4, -0.2) is 9.79 Å². The number of hydrogen-bond donors (Lipinski definition) is 2. The van der Waals surface area contributed by atoms with Gasteiger partial charge in [-0.05, 0) is 125 Å². The van der Waals surface area contributed by atoms with Gasteiger partial charge in [-0.15, -0.1) is 0 Å². The minimum atomic E-state index is -2.70. The van der Waals surface area contributed by atoms with Crippen molar-refractivity contribution in [2.75, 3.05) is 0 Å². The van der Waals surface area contributed by atoms with Crippen molar-refractivity contribution < 1.29 is 14.3 Å². The molecule has 0 saturated heterocycles. The van der Waals surface area contributed by atoms with Gasteiger partial charge in [-0.1, -0.05) is 158 Å². The van der Waals surface area contributed by atoms with Crippen LogP contribution in [0.1, 0.15) is 0 Å². The quantitative estimate of drug-likeness (QED) is 0.154. The van der Waals surface area contributed by atoms with Crippen molar-refractivity contribution in [3.05, 3.63) is 200 Å². The van der Waals surface area contributed by atoms with Crippen molar-refractivity contribution in [2.24, 2.45) is 0 Å². The molecule has 0 aromatic heterocycles. The molecule has 0 atom stereocenters. The normalized spacial score (nSPS) is 11.3. The van der Waals surface area contributed by atoms with Crippen molar-refractivity contribution in [3.8, 4) is 72.5 Å². The van der Waals surface area contributed by atoms with Gasteiger partial charge < -0.3 is 14.3 Å². The molecule has 0 aliphatic heterocycles. The van der Waals surface area contributed by atoms with Gasteiger partial charge in [-0.3, -0.25) is 0 Å². The molecule has 0 bridgehead atoms. The molecule has 0 amide bonds. The first kappa shape index (κ1) is 33.5. The first-order valence-electron chi connectivity index (χ1n) is 18.0. The SMILES string of the molecule is OP(O)Oc1cccc(-c2cc3ccc(-c4ccccc4)cc3cc2-c2ccccc2)c1-c1cc2ccc(-c3ccccc3)cc2cc1-c1ccccc1. The molecular formula is C50H35O3P. The van der Waals surface area contributed by atoms with E-state index in [0.29, 0.717) is 5.75 Å². The van der Waals surface area contributed by atoms with E-state index < -0.39 is 8.60 Å². The lowest BCUT2D eigenvalue weighted by molar-refractivity contribution is 0.375. The van der Waals surface area contributed by atoms with Crippen molar-refractivity contribution in [2.45, 2.75) is 0 Å². The highest BCUT2D eigenvalue weighted by Crippen LogP contribution is 2.50. The Morgan fingerprint density at radius 1 is 0.296 bits per heavy atom. The van der Waals surface area contributed by atoms with Crippen LogP contribution >= 0.6 is 8.60 Å². The van der Waals surface area contributed by atoms with Crippen LogP contribution in [0.5, 0.6) is 5.75 Å². The molecule has 0 radical (unpaired) electrons. The van der Waals surface area contributed by atoms with Crippen LogP contribution in [0, 0.1) is 0 Å². The van der Waals surface area contributed by atoms with Gasteiger partial charge in [0.25, 0.3) is 0 Å². The average Bonchev–Trinajstić information content (AvgIpc) is 3.23. The molecule has 0 heterocycles. The van der Waals surface area contributed by atoms with Gasteiger partial charge in [0.2, 0.25) is 0 Å². The standard InChI is InChI=1S/C50H35O3P/c51-54(52)53-49-23-13-22-44(47-30-40-26-24-38(34-14-5-1-6-15-34)28-42(40)32-45(47)36-18-9-3-10-19-36)50(49)48-31-41-27-25-39(35-16-7-2-8-17-35)29-43(41)33-46(48)37-20-11-4-12-21-37/h1-33,51-52H. The van der Waals surface area contributed by atoms with Crippen molar-refractivity contribution in [3.63, 3.8) is 0 Å². The van der Waals surface area contributed by atoms with Gasteiger partial charge >= 0.3 is 8.60 Å². The highest BCUT2D eigenvalue weighted by molar-refractivity contribution is 7.39. The molecule has 0 unspecified atom stereocenters. The maximum Gasteiger partial charge on any atom is 0.391 e. The Labute approximate surface area is 316 Å². The zero-order chi connectivity index (χ0) is 36.4. The van der Waals surface area contributed by atoms with Crippen LogP contribution in [0.4, 0.5) is 0 Å². The molecule has 0 aliphatic rings. The molecule has 258 valence electrons. The Hall–Kier alpha value is -6.35. The summed E-state index contributed by atoms with van der Waals surface area (Å²) in [6.45, 7) is 0. The van der Waals surface area contributed by atoms with E-state index in [1.54, 1.807) is 0 Å². The molecule has 0 fully saturated rings. The van der Waals surface area contributed by atoms with E-state index in [1.165, 1.54) is 5.56 Å². The largest absolute Gasteiger partial charge is 0.426 e. The number of rotatable bonds is 8. The average molecular weight is 715 g/mol. The minimum Gasteiger partial charge on any atom is -0.426 e. The fraction of sp³-hybridized carbons (Fsp3) is 0. The number of fused-ring (bicyclic) bond motifs is 2. The predicted molar refractivity (Wildman–Crippen MR) is 226 cm³/mol. The molecule has 4 heteroatoms. The summed E-state index contributed by atoms with van der Waals surface area (Å²) in [5, 5.41) is 4.40. The summed E-state index contributed by atoms with van der Waals surface area (Å²) in [5.74, 6) is 0.402. The summed E-state index contributed by atoms with van der Waals surface area (Å²) in [5.41, 5.74) is 12.5. The van der Waals surface area contributed by atoms with Crippen LogP contribution in [0.25, 0.3) is 88.3 Å². The molecule has 9 aromatic rings. The second kappa shape index (κ2) is 14.6. The second-order valence-corrected chi connectivity index (χ2v) is 14.1. The molecule has 0 spiro atoms. The summed E-state index contributed by atoms with van der Waals surface area (Å²) < 4.78 is 5.92. The lowest BCUT2D eigenvalue weighted by atomic mass is 9.84. The van der Waals surface area contributed by atoms with Crippen LogP contribution in [-0.2, 0) is 0 Å². The monoisotopic (exact) mass is 714 g/mol. The van der Waals surface area contributed by atoms with E-state index in [-0.39, 0.29) is 0 Å². The van der Waals surface area contributed by atoms with E-state index in [1.807, 2.05) is 48.5 Å². The lowest BCUT2D eigenvalue weighted by Gasteiger charge is -2.22. The number of hydrogen-bond acceptors (Lipinski definition) is 3. The van der Waals surface area contributed by atoms with E-state index in [4.69, 9.17) is 4.52 Å². The van der Waals surface area contributed by atoms with Crippen molar-refractivity contribution in [1.82, 2.24) is 0 Å². The Morgan fingerprint density at radius 2 is 0.722 bits per heavy atom. The Balaban J connectivity index is 1.33. The first-order valence-corrected chi connectivity index (χ1v) is 19.1. The van der Waals surface area contributed by atoms with Gasteiger partial charge in [-0.25, -0.2) is 0 Å². The lowest BCUT2D eigenvalue weighted by Crippen LogP contribution is -1.97. The smallest absolute Gasteiger partial charge is 0.391 e. The molecule has 2 N–H and O–H groups in total. The Kier molecular flexibility index (Phi) is 9.04. The first-order chi connectivity index (χ1) is 26.6. The van der Waals surface area contributed by atoms with Crippen LogP contribution in [0.15, 0.2) is 200 Å². The fourth-order valence-electron chi connectivity index (χ4n) is 7.56. The third-order valence-electron chi connectivity index (χ3n) is 10.1. The predicted octanol–water partition coefficient (Wildman–Crippen LogP) is 13.6. The summed E-state index contributed by atoms with van der Waals surface area (Å²) in [6.07, 6.45) is 0. The number of benzene rings is 9. The Morgan fingerprint density at radius 3 is 1.20 bits per heavy atom. The van der Waals surface area contributed by atoms with Crippen LogP contribution in [0.2, 0.25) is 0 Å². The zero-order valence-electron chi connectivity index (χ0n) is 29.3. The maximum atomic E-state index is 10.3. The Bertz CT molecular complexity index is 2750. The highest BCUT2D eigenvalue weighted by Gasteiger charge is 2.23. The van der Waals surface area contributed by atoms with Crippen LogP contribution in [0.3, 0.4) is 0 Å². The van der Waals surface area contributed by atoms with Crippen molar-refractivity contribution in [1.29, 1.82) is 0 Å².